The Morgan fingerprint density at radius 3 is 2.66 bits per heavy atom. The number of nitro groups is 1. The van der Waals surface area contributed by atoms with Gasteiger partial charge in [0.1, 0.15) is 5.75 Å². The number of methoxy groups -OCH3 is 2. The topological polar surface area (TPSA) is 94.7 Å². The van der Waals surface area contributed by atoms with Crippen LogP contribution in [0.15, 0.2) is 48.7 Å². The number of ether oxygens (including phenoxy) is 2. The fourth-order valence-electron chi connectivity index (χ4n) is 4.79. The van der Waals surface area contributed by atoms with Gasteiger partial charge in [-0.15, -0.1) is 0 Å². The molecule has 0 aliphatic carbocycles. The number of nitrogens with zero attached hydrogens (tertiary/aromatic N) is 4. The van der Waals surface area contributed by atoms with Gasteiger partial charge in [0.25, 0.3) is 5.69 Å². The van der Waals surface area contributed by atoms with Gasteiger partial charge in [-0.3, -0.25) is 15.1 Å². The Bertz CT molecular complexity index is 1230. The number of aromatic nitrogens is 2. The third-order valence-corrected chi connectivity index (χ3v) is 6.70. The summed E-state index contributed by atoms with van der Waals surface area (Å²) in [6.45, 7) is 5.35. The van der Waals surface area contributed by atoms with Crippen molar-refractivity contribution < 1.29 is 14.4 Å². The number of thiocarbonyl (C=S) groups is 1. The second-order valence-corrected chi connectivity index (χ2v) is 8.83. The number of hydrogen-bond acceptors (Lipinski definition) is 6. The molecule has 2 atom stereocenters. The van der Waals surface area contributed by atoms with Gasteiger partial charge in [0.05, 0.1) is 35.5 Å². The van der Waals surface area contributed by atoms with Gasteiger partial charge in [-0.2, -0.15) is 0 Å². The highest BCUT2D eigenvalue weighted by molar-refractivity contribution is 7.80. The van der Waals surface area contributed by atoms with Gasteiger partial charge in [-0.05, 0) is 62.3 Å². The van der Waals surface area contributed by atoms with Crippen LogP contribution in [0.25, 0.3) is 5.69 Å². The Morgan fingerprint density at radius 2 is 2.00 bits per heavy atom. The summed E-state index contributed by atoms with van der Waals surface area (Å²) in [5.74, 6) is 0.558. The smallest absolute Gasteiger partial charge is 0.271 e. The molecule has 0 spiro atoms. The largest absolute Gasteiger partial charge is 0.495 e. The molecule has 0 saturated carbocycles. The lowest BCUT2D eigenvalue weighted by molar-refractivity contribution is -0.384. The Morgan fingerprint density at radius 1 is 1.20 bits per heavy atom. The lowest BCUT2D eigenvalue weighted by atomic mass is 9.96. The minimum atomic E-state index is -0.397. The standard InChI is InChI=1S/C25H29N5O4S/c1-16-14-19(17(2)29(16)21-15-18(30(31)32)9-10-22(21)34-4)24-23(20-8-5-6-11-26-20)27-25(35)28(24)12-7-13-33-3/h5-6,8-11,14-15,23-24H,7,12-13H2,1-4H3,(H,27,35)/t23-,24-/m0/s1. The van der Waals surface area contributed by atoms with Crippen molar-refractivity contribution in [2.24, 2.45) is 0 Å². The molecule has 3 heterocycles. The predicted octanol–water partition coefficient (Wildman–Crippen LogP) is 4.41. The van der Waals surface area contributed by atoms with Gasteiger partial charge in [0.2, 0.25) is 0 Å². The van der Waals surface area contributed by atoms with E-state index < -0.39 is 4.92 Å². The molecule has 0 amide bonds. The van der Waals surface area contributed by atoms with Gasteiger partial charge in [0.15, 0.2) is 5.11 Å². The first-order valence-corrected chi connectivity index (χ1v) is 11.8. The summed E-state index contributed by atoms with van der Waals surface area (Å²) in [5, 5.41) is 15.6. The van der Waals surface area contributed by atoms with Gasteiger partial charge >= 0.3 is 0 Å². The van der Waals surface area contributed by atoms with Gasteiger partial charge in [0, 0.05) is 50.0 Å². The minimum Gasteiger partial charge on any atom is -0.495 e. The number of hydrogen-bond donors (Lipinski definition) is 1. The summed E-state index contributed by atoms with van der Waals surface area (Å²) in [6, 6.07) is 12.3. The van der Waals surface area contributed by atoms with Crippen LogP contribution in [0.4, 0.5) is 5.69 Å². The maximum atomic E-state index is 11.5. The molecule has 1 aliphatic rings. The van der Waals surface area contributed by atoms with Crippen molar-refractivity contribution in [3.05, 3.63) is 81.4 Å². The normalized spacial score (nSPS) is 17.5. The highest BCUT2D eigenvalue weighted by Gasteiger charge is 2.41. The van der Waals surface area contributed by atoms with Crippen molar-refractivity contribution in [3.63, 3.8) is 0 Å². The van der Waals surface area contributed by atoms with Crippen LogP contribution < -0.4 is 10.1 Å². The van der Waals surface area contributed by atoms with Crippen LogP contribution in [0, 0.1) is 24.0 Å². The maximum Gasteiger partial charge on any atom is 0.271 e. The maximum absolute atomic E-state index is 11.5. The molecular formula is C25H29N5O4S. The lowest BCUT2D eigenvalue weighted by Gasteiger charge is -2.28. The number of aryl methyl sites for hydroxylation is 1. The van der Waals surface area contributed by atoms with Gasteiger partial charge in [-0.25, -0.2) is 0 Å². The van der Waals surface area contributed by atoms with E-state index >= 15 is 0 Å². The molecule has 1 saturated heterocycles. The Kier molecular flexibility index (Phi) is 7.32. The van der Waals surface area contributed by atoms with Crippen LogP contribution >= 0.6 is 12.2 Å². The quantitative estimate of drug-likeness (QED) is 0.202. The van der Waals surface area contributed by atoms with E-state index in [0.717, 1.165) is 35.6 Å². The number of rotatable bonds is 9. The van der Waals surface area contributed by atoms with Crippen molar-refractivity contribution in [2.75, 3.05) is 27.4 Å². The van der Waals surface area contributed by atoms with Crippen molar-refractivity contribution in [1.29, 1.82) is 0 Å². The molecule has 184 valence electrons. The number of nitro benzene ring substituents is 1. The van der Waals surface area contributed by atoms with Crippen molar-refractivity contribution in [2.45, 2.75) is 32.4 Å². The molecule has 1 aromatic carbocycles. The first-order chi connectivity index (χ1) is 16.9. The average molecular weight is 496 g/mol. The van der Waals surface area contributed by atoms with Gasteiger partial charge in [-0.1, -0.05) is 6.07 Å². The highest BCUT2D eigenvalue weighted by atomic mass is 32.1. The Hall–Kier alpha value is -3.50. The first-order valence-electron chi connectivity index (χ1n) is 11.4. The SMILES string of the molecule is COCCCN1C(=S)N[C@@H](c2ccccn2)[C@@H]1c1cc(C)n(-c2cc([N+](=O)[O-])ccc2OC)c1C. The van der Waals surface area contributed by atoms with E-state index in [0.29, 0.717) is 23.2 Å². The zero-order valence-corrected chi connectivity index (χ0v) is 21.0. The minimum absolute atomic E-state index is 0.00566. The van der Waals surface area contributed by atoms with Gasteiger partial charge < -0.3 is 24.3 Å². The predicted molar refractivity (Wildman–Crippen MR) is 137 cm³/mol. The van der Waals surface area contributed by atoms with E-state index in [9.17, 15) is 10.1 Å². The van der Waals surface area contributed by atoms with E-state index in [1.807, 2.05) is 36.6 Å². The zero-order chi connectivity index (χ0) is 25.1. The fraction of sp³-hybridized carbons (Fsp3) is 0.360. The zero-order valence-electron chi connectivity index (χ0n) is 20.2. The summed E-state index contributed by atoms with van der Waals surface area (Å²) in [6.07, 6.45) is 2.60. The summed E-state index contributed by atoms with van der Waals surface area (Å²) >= 11 is 5.75. The Balaban J connectivity index is 1.84. The summed E-state index contributed by atoms with van der Waals surface area (Å²) in [7, 11) is 3.25. The number of non-ortho nitro benzene ring substituents is 1. The molecule has 0 unspecified atom stereocenters. The van der Waals surface area contributed by atoms with Crippen molar-refractivity contribution >= 4 is 23.0 Å². The van der Waals surface area contributed by atoms with Crippen LogP contribution in [0.3, 0.4) is 0 Å². The molecule has 1 fully saturated rings. The molecule has 1 N–H and O–H groups in total. The van der Waals surface area contributed by atoms with E-state index in [1.54, 1.807) is 32.5 Å². The average Bonchev–Trinajstić information content (AvgIpc) is 3.34. The second kappa shape index (κ2) is 10.4. The monoisotopic (exact) mass is 495 g/mol. The number of pyridine rings is 1. The molecule has 2 aromatic heterocycles. The highest BCUT2D eigenvalue weighted by Crippen LogP contribution is 2.42. The molecular weight excluding hydrogens is 466 g/mol. The second-order valence-electron chi connectivity index (χ2n) is 8.44. The van der Waals surface area contributed by atoms with E-state index in [-0.39, 0.29) is 17.8 Å². The molecule has 10 heteroatoms. The molecule has 4 rings (SSSR count). The molecule has 1 aliphatic heterocycles. The molecule has 9 nitrogen and oxygen atoms in total. The summed E-state index contributed by atoms with van der Waals surface area (Å²) in [4.78, 5) is 17.9. The van der Waals surface area contributed by atoms with Crippen LogP contribution in [-0.2, 0) is 4.74 Å². The number of nitrogens with one attached hydrogen (secondary N) is 1. The van der Waals surface area contributed by atoms with Crippen LogP contribution in [0.5, 0.6) is 5.75 Å². The lowest BCUT2D eigenvalue weighted by Crippen LogP contribution is -2.31. The van der Waals surface area contributed by atoms with E-state index in [2.05, 4.69) is 21.3 Å². The van der Waals surface area contributed by atoms with E-state index in [4.69, 9.17) is 21.7 Å². The van der Waals surface area contributed by atoms with E-state index in [1.165, 1.54) is 6.07 Å². The fourth-order valence-corrected chi connectivity index (χ4v) is 5.12. The van der Waals surface area contributed by atoms with Crippen LogP contribution in [0.2, 0.25) is 0 Å². The van der Waals surface area contributed by atoms with Crippen LogP contribution in [0.1, 0.15) is 41.1 Å². The Labute approximate surface area is 209 Å². The van der Waals surface area contributed by atoms with Crippen molar-refractivity contribution in [1.82, 2.24) is 19.8 Å². The number of benzene rings is 1. The third-order valence-electron chi connectivity index (χ3n) is 6.35. The molecule has 3 aromatic rings. The van der Waals surface area contributed by atoms with Crippen molar-refractivity contribution in [3.8, 4) is 11.4 Å². The molecule has 35 heavy (non-hydrogen) atoms. The summed E-state index contributed by atoms with van der Waals surface area (Å²) < 4.78 is 12.8. The molecule has 0 radical (unpaired) electrons. The first kappa shape index (κ1) is 24.6. The van der Waals surface area contributed by atoms with Crippen LogP contribution in [-0.4, -0.2) is 51.9 Å². The molecule has 0 bridgehead atoms. The third kappa shape index (κ3) is 4.71. The summed E-state index contributed by atoms with van der Waals surface area (Å²) in [5.41, 5.74) is 4.48.